The van der Waals surface area contributed by atoms with Gasteiger partial charge >= 0.3 is 5.97 Å². The van der Waals surface area contributed by atoms with Gasteiger partial charge in [0.25, 0.3) is 0 Å². The number of hydrogen-bond donors (Lipinski definition) is 0. The van der Waals surface area contributed by atoms with Crippen molar-refractivity contribution in [3.8, 4) is 17.2 Å². The van der Waals surface area contributed by atoms with Crippen molar-refractivity contribution in [2.75, 3.05) is 6.61 Å². The molecule has 24 heavy (non-hydrogen) atoms. The third-order valence-electron chi connectivity index (χ3n) is 3.41. The van der Waals surface area contributed by atoms with Gasteiger partial charge in [0.05, 0.1) is 18.2 Å². The van der Waals surface area contributed by atoms with E-state index in [1.807, 2.05) is 12.1 Å². The van der Waals surface area contributed by atoms with Gasteiger partial charge < -0.3 is 9.15 Å². The van der Waals surface area contributed by atoms with Crippen LogP contribution in [0.5, 0.6) is 0 Å². The lowest BCUT2D eigenvalue weighted by molar-refractivity contribution is -0.137. The molecule has 0 saturated carbocycles. The number of aromatic nitrogens is 1. The van der Waals surface area contributed by atoms with Crippen molar-refractivity contribution in [1.29, 1.82) is 5.26 Å². The number of carbonyl (C=O) groups excluding carboxylic acids is 1. The van der Waals surface area contributed by atoms with Gasteiger partial charge in [-0.25, -0.2) is 4.79 Å². The highest BCUT2D eigenvalue weighted by molar-refractivity contribution is 5.94. The topological polar surface area (TPSA) is 76.1 Å². The summed E-state index contributed by atoms with van der Waals surface area (Å²) in [6, 6.07) is 11.2. The second-order valence-electron chi connectivity index (χ2n) is 5.03. The number of pyridine rings is 1. The fourth-order valence-electron chi connectivity index (χ4n) is 2.37. The van der Waals surface area contributed by atoms with Crippen molar-refractivity contribution >= 4 is 23.0 Å². The molecule has 0 aliphatic rings. The minimum atomic E-state index is -0.418. The van der Waals surface area contributed by atoms with Gasteiger partial charge in [0.1, 0.15) is 11.3 Å². The van der Waals surface area contributed by atoms with E-state index in [-0.39, 0.29) is 0 Å². The van der Waals surface area contributed by atoms with Crippen molar-refractivity contribution in [2.24, 2.45) is 0 Å². The van der Waals surface area contributed by atoms with Gasteiger partial charge in [-0.1, -0.05) is 12.1 Å². The van der Waals surface area contributed by atoms with Crippen molar-refractivity contribution in [1.82, 2.24) is 4.98 Å². The van der Waals surface area contributed by atoms with Crippen LogP contribution in [0.25, 0.3) is 28.2 Å². The third kappa shape index (κ3) is 3.18. The Kier molecular flexibility index (Phi) is 4.39. The molecule has 1 aromatic carbocycles. The normalized spacial score (nSPS) is 10.8. The summed E-state index contributed by atoms with van der Waals surface area (Å²) in [7, 11) is 0. The maximum Gasteiger partial charge on any atom is 0.330 e. The Morgan fingerprint density at radius 3 is 3.04 bits per heavy atom. The van der Waals surface area contributed by atoms with E-state index < -0.39 is 5.97 Å². The minimum Gasteiger partial charge on any atom is -0.463 e. The van der Waals surface area contributed by atoms with E-state index in [9.17, 15) is 4.79 Å². The third-order valence-corrected chi connectivity index (χ3v) is 3.41. The van der Waals surface area contributed by atoms with Crippen LogP contribution in [0.1, 0.15) is 18.2 Å². The van der Waals surface area contributed by atoms with Crippen LogP contribution in [0.4, 0.5) is 0 Å². The maximum absolute atomic E-state index is 11.4. The van der Waals surface area contributed by atoms with E-state index >= 15 is 0 Å². The first kappa shape index (κ1) is 15.5. The van der Waals surface area contributed by atoms with Crippen molar-refractivity contribution in [2.45, 2.75) is 6.92 Å². The highest BCUT2D eigenvalue weighted by Crippen LogP contribution is 2.30. The van der Waals surface area contributed by atoms with Gasteiger partial charge in [0, 0.05) is 29.4 Å². The van der Waals surface area contributed by atoms with E-state index in [4.69, 9.17) is 14.4 Å². The molecule has 0 bridgehead atoms. The van der Waals surface area contributed by atoms with Crippen LogP contribution in [0.15, 0.2) is 53.2 Å². The number of esters is 1. The van der Waals surface area contributed by atoms with E-state index in [0.717, 1.165) is 16.5 Å². The fraction of sp³-hybridized carbons (Fsp3) is 0.105. The summed E-state index contributed by atoms with van der Waals surface area (Å²) in [6.07, 6.45) is 6.28. The molecule has 0 radical (unpaired) electrons. The van der Waals surface area contributed by atoms with Gasteiger partial charge in [0.15, 0.2) is 0 Å². The van der Waals surface area contributed by atoms with E-state index in [0.29, 0.717) is 23.5 Å². The summed E-state index contributed by atoms with van der Waals surface area (Å²) < 4.78 is 10.7. The first-order chi connectivity index (χ1) is 11.7. The molecule has 0 aliphatic carbocycles. The molecular formula is C19H14N2O3. The Morgan fingerprint density at radius 1 is 1.38 bits per heavy atom. The number of fused-ring (bicyclic) bond motifs is 1. The highest BCUT2D eigenvalue weighted by atomic mass is 16.5. The molecule has 5 nitrogen and oxygen atoms in total. The number of benzene rings is 1. The molecule has 2 aromatic heterocycles. The van der Waals surface area contributed by atoms with Crippen LogP contribution in [0.2, 0.25) is 0 Å². The smallest absolute Gasteiger partial charge is 0.330 e. The summed E-state index contributed by atoms with van der Waals surface area (Å²) in [5.74, 6) is 0.113. The molecule has 0 atom stereocenters. The van der Waals surface area contributed by atoms with Crippen LogP contribution in [0.3, 0.4) is 0 Å². The first-order valence-corrected chi connectivity index (χ1v) is 7.44. The zero-order chi connectivity index (χ0) is 16.9. The average Bonchev–Trinajstić information content (AvgIpc) is 3.03. The monoisotopic (exact) mass is 318 g/mol. The summed E-state index contributed by atoms with van der Waals surface area (Å²) in [5, 5.41) is 9.87. The zero-order valence-corrected chi connectivity index (χ0v) is 13.0. The summed E-state index contributed by atoms with van der Waals surface area (Å²) >= 11 is 0. The lowest BCUT2D eigenvalue weighted by atomic mass is 10.0. The van der Waals surface area contributed by atoms with Gasteiger partial charge in [-0.15, -0.1) is 0 Å². The summed E-state index contributed by atoms with van der Waals surface area (Å²) in [5.41, 5.74) is 2.87. The lowest BCUT2D eigenvalue weighted by Gasteiger charge is -2.02. The molecular weight excluding hydrogens is 304 g/mol. The molecule has 118 valence electrons. The predicted molar refractivity (Wildman–Crippen MR) is 89.8 cm³/mol. The molecule has 0 saturated heterocycles. The molecule has 0 spiro atoms. The van der Waals surface area contributed by atoms with Crippen molar-refractivity contribution in [3.05, 3.63) is 60.1 Å². The van der Waals surface area contributed by atoms with E-state index in [2.05, 4.69) is 11.1 Å². The van der Waals surface area contributed by atoms with Crippen LogP contribution in [-0.4, -0.2) is 17.6 Å². The van der Waals surface area contributed by atoms with Crippen molar-refractivity contribution < 1.29 is 13.9 Å². The quantitative estimate of drug-likeness (QED) is 0.538. The molecule has 0 fully saturated rings. The molecule has 3 aromatic rings. The molecule has 0 amide bonds. The van der Waals surface area contributed by atoms with Crippen LogP contribution in [-0.2, 0) is 9.53 Å². The summed E-state index contributed by atoms with van der Waals surface area (Å²) in [4.78, 5) is 15.6. The molecule has 5 heteroatoms. The molecule has 2 heterocycles. The van der Waals surface area contributed by atoms with Gasteiger partial charge in [-0.3, -0.25) is 4.98 Å². The highest BCUT2D eigenvalue weighted by Gasteiger charge is 2.10. The van der Waals surface area contributed by atoms with Crippen molar-refractivity contribution in [3.63, 3.8) is 0 Å². The number of rotatable bonds is 4. The number of furan rings is 1. The zero-order valence-electron chi connectivity index (χ0n) is 13.0. The number of ether oxygens (including phenoxy) is 1. The van der Waals surface area contributed by atoms with E-state index in [1.54, 1.807) is 43.6 Å². The number of nitrogens with zero attached hydrogens (tertiary/aromatic N) is 2. The van der Waals surface area contributed by atoms with Crippen LogP contribution >= 0.6 is 0 Å². The lowest BCUT2D eigenvalue weighted by Crippen LogP contribution is -1.98. The molecule has 3 rings (SSSR count). The molecule has 0 N–H and O–H groups in total. The Labute approximate surface area is 138 Å². The number of nitriles is 1. The fourth-order valence-corrected chi connectivity index (χ4v) is 2.37. The maximum atomic E-state index is 11.4. The first-order valence-electron chi connectivity index (χ1n) is 7.44. The Bertz CT molecular complexity index is 964. The average molecular weight is 318 g/mol. The minimum absolute atomic E-state index is 0.326. The summed E-state index contributed by atoms with van der Waals surface area (Å²) in [6.45, 7) is 2.08. The predicted octanol–water partition coefficient (Wildman–Crippen LogP) is 3.94. The van der Waals surface area contributed by atoms with Crippen LogP contribution < -0.4 is 0 Å². The Morgan fingerprint density at radius 2 is 2.25 bits per heavy atom. The Balaban J connectivity index is 2.01. The SMILES string of the molecule is CCOC(=O)/C=C/c1cc2cncc(-c3cccc(C#N)c3)c2o1. The number of hydrogen-bond acceptors (Lipinski definition) is 5. The Hall–Kier alpha value is -3.39. The standard InChI is InChI=1S/C19H14N2O3/c1-2-23-18(22)7-6-16-9-15-11-21-12-17(19(15)24-16)14-5-3-4-13(8-14)10-20/h3-9,11-12H,2H2,1H3/b7-6+. The molecule has 0 aliphatic heterocycles. The van der Waals surface area contributed by atoms with Gasteiger partial charge in [-0.05, 0) is 36.8 Å². The largest absolute Gasteiger partial charge is 0.463 e. The van der Waals surface area contributed by atoms with Gasteiger partial charge in [0.2, 0.25) is 0 Å². The number of carbonyl (C=O) groups is 1. The second kappa shape index (κ2) is 6.80. The van der Waals surface area contributed by atoms with E-state index in [1.165, 1.54) is 6.08 Å². The second-order valence-corrected chi connectivity index (χ2v) is 5.03. The molecule has 0 unspecified atom stereocenters. The van der Waals surface area contributed by atoms with Gasteiger partial charge in [-0.2, -0.15) is 5.26 Å². The van der Waals surface area contributed by atoms with Crippen LogP contribution in [0, 0.1) is 11.3 Å².